The largest absolute Gasteiger partial charge is 0.787 e. The van der Waals surface area contributed by atoms with E-state index in [1.54, 1.807) is 0 Å². The molecule has 0 spiro atoms. The number of imidazole rings is 1. The van der Waals surface area contributed by atoms with Crippen LogP contribution in [0.4, 0.5) is 5.82 Å². The number of rotatable bonds is 8. The Morgan fingerprint density at radius 1 is 1.26 bits per heavy atom. The van der Waals surface area contributed by atoms with Gasteiger partial charge in [0.25, 0.3) is 0 Å². The molecule has 0 aromatic carbocycles. The normalized spacial score (nSPS) is 25.4. The van der Waals surface area contributed by atoms with E-state index in [9.17, 15) is 44.1 Å². The molecule has 0 radical (unpaired) electrons. The quantitative estimate of drug-likeness (QED) is 0.244. The first-order valence-electron chi connectivity index (χ1n) is 7.94. The van der Waals surface area contributed by atoms with E-state index < -0.39 is 55.2 Å². The summed E-state index contributed by atoms with van der Waals surface area (Å²) in [4.78, 5) is 80.3. The van der Waals surface area contributed by atoms with Crippen LogP contribution in [0.5, 0.6) is 0 Å². The van der Waals surface area contributed by atoms with E-state index in [-0.39, 0.29) is 17.0 Å². The molecule has 3 heterocycles. The van der Waals surface area contributed by atoms with Crippen LogP contribution >= 0.6 is 24.0 Å². The number of nitrogen functional groups attached to an aromatic ring is 1. The van der Waals surface area contributed by atoms with Crippen molar-refractivity contribution in [3.05, 3.63) is 12.7 Å². The van der Waals surface area contributed by atoms with Gasteiger partial charge in [-0.15, -0.1) is 0 Å². The Kier molecular flexibility index (Phi) is 6.92. The van der Waals surface area contributed by atoms with Crippen LogP contribution in [0.15, 0.2) is 12.7 Å². The summed E-state index contributed by atoms with van der Waals surface area (Å²) in [6.07, 6.45) is -4.51. The number of nitrogens with one attached hydrogen (secondary N) is 1. The van der Waals surface area contributed by atoms with Crippen molar-refractivity contribution in [2.75, 3.05) is 12.3 Å². The van der Waals surface area contributed by atoms with Crippen LogP contribution in [0, 0.1) is 0 Å². The van der Waals surface area contributed by atoms with E-state index in [1.165, 1.54) is 0 Å². The monoisotopic (exact) mass is 502 g/mol. The van der Waals surface area contributed by atoms with Gasteiger partial charge >= 0.3 is 0 Å². The van der Waals surface area contributed by atoms with Crippen LogP contribution in [0.1, 0.15) is 6.23 Å². The lowest BCUT2D eigenvalue weighted by molar-refractivity contribution is -0.369. The van der Waals surface area contributed by atoms with E-state index in [1.807, 2.05) is 0 Å². The Hall–Kier alpha value is -1.04. The number of ether oxygens (including phenoxy) is 1. The predicted octanol–water partition coefficient (Wildman–Crippen LogP) is -6.72. The molecular weight excluding hydrogens is 489 g/mol. The number of aromatic nitrogens is 4. The van der Waals surface area contributed by atoms with Gasteiger partial charge in [-0.2, -0.15) is 4.31 Å². The molecule has 0 amide bonds. The van der Waals surface area contributed by atoms with Crippen molar-refractivity contribution in [2.45, 2.75) is 24.5 Å². The zero-order valence-corrected chi connectivity index (χ0v) is 17.5. The van der Waals surface area contributed by atoms with Crippen LogP contribution < -0.4 is 40.0 Å². The van der Waals surface area contributed by atoms with Crippen LogP contribution in [0.3, 0.4) is 0 Å². The summed E-state index contributed by atoms with van der Waals surface area (Å²) in [6.45, 7) is -0.795. The summed E-state index contributed by atoms with van der Waals surface area (Å²) in [6, 6.07) is 0. The third-order valence-electron chi connectivity index (χ3n) is 3.87. The molecule has 0 saturated carbocycles. The van der Waals surface area contributed by atoms with E-state index in [4.69, 9.17) is 10.5 Å². The Balaban J connectivity index is 1.89. The summed E-state index contributed by atoms with van der Waals surface area (Å²) in [5, 5.41) is 19.6. The van der Waals surface area contributed by atoms with E-state index in [0.717, 1.165) is 22.1 Å². The maximum atomic E-state index is 12.1. The number of phosphoric acid groups is 1. The van der Waals surface area contributed by atoms with Gasteiger partial charge in [0.2, 0.25) is 0 Å². The topological polar surface area (TPSA) is 305 Å². The Bertz CT molecular complexity index is 985. The van der Waals surface area contributed by atoms with Crippen LogP contribution in [0.2, 0.25) is 0 Å². The van der Waals surface area contributed by atoms with Gasteiger partial charge in [0.15, 0.2) is 40.0 Å². The molecule has 3 rings (SSSR count). The molecule has 1 saturated heterocycles. The third kappa shape index (κ3) is 5.66. The standard InChI is InChI=1S/C10H17N6O12P3/c11-8-5-9(13-2-12-8)16(3-14-5)10-7(6(18)4(1-17)26-10)27-29(19,20)15-30(21,22)28-31(23,24)25/h2-4,6-7,10,17-18H,1H2,(H2,11,12,13)(H2,23,24,25)(H3,15,19,20,21,22)/p-4/t4-,6-,7-,10-/m1/s1. The van der Waals surface area contributed by atoms with Gasteiger partial charge in [0, 0.05) is 0 Å². The second-order valence-electron chi connectivity index (χ2n) is 6.02. The number of fused-ring (bicyclic) bond motifs is 1. The molecule has 31 heavy (non-hydrogen) atoms. The minimum absolute atomic E-state index is 0.0158. The van der Waals surface area contributed by atoms with Gasteiger partial charge in [-0.3, -0.25) is 4.57 Å². The van der Waals surface area contributed by atoms with Crippen LogP contribution in [-0.2, 0) is 18.1 Å². The lowest BCUT2D eigenvalue weighted by Crippen LogP contribution is -2.48. The number of aliphatic hydroxyl groups is 2. The molecule has 1 fully saturated rings. The molecule has 18 nitrogen and oxygen atoms in total. The van der Waals surface area contributed by atoms with E-state index >= 15 is 0 Å². The lowest BCUT2D eigenvalue weighted by Gasteiger charge is -2.45. The van der Waals surface area contributed by atoms with Gasteiger partial charge in [-0.05, 0) is 4.86 Å². The van der Waals surface area contributed by atoms with Crippen LogP contribution in [0.25, 0.3) is 11.2 Å². The van der Waals surface area contributed by atoms with E-state index in [2.05, 4.69) is 23.8 Å². The maximum absolute atomic E-state index is 12.1. The number of hydrogen-bond acceptors (Lipinski definition) is 17. The number of hydrogen-bond donors (Lipinski definition) is 4. The minimum atomic E-state index is -6.12. The van der Waals surface area contributed by atoms with Gasteiger partial charge in [0.1, 0.15) is 31.9 Å². The fourth-order valence-electron chi connectivity index (χ4n) is 2.75. The average Bonchev–Trinajstić information content (AvgIpc) is 3.14. The number of anilines is 1. The van der Waals surface area contributed by atoms with Crippen molar-refractivity contribution in [3.8, 4) is 0 Å². The van der Waals surface area contributed by atoms with Crippen molar-refractivity contribution in [1.82, 2.24) is 24.4 Å². The molecule has 5 N–H and O–H groups in total. The zero-order valence-electron chi connectivity index (χ0n) is 14.9. The van der Waals surface area contributed by atoms with Crippen molar-refractivity contribution in [1.29, 1.82) is 0 Å². The summed E-state index contributed by atoms with van der Waals surface area (Å²) in [5.41, 5.74) is 5.75. The number of aliphatic hydroxyl groups excluding tert-OH is 2. The van der Waals surface area contributed by atoms with Gasteiger partial charge in [-0.25, -0.2) is 19.5 Å². The molecule has 2 aromatic heterocycles. The molecule has 4 atom stereocenters. The van der Waals surface area contributed by atoms with Gasteiger partial charge in [0.05, 0.1) is 12.9 Å². The molecule has 0 unspecified atom stereocenters. The Morgan fingerprint density at radius 3 is 2.55 bits per heavy atom. The fraction of sp³-hybridized carbons (Fsp3) is 0.500. The van der Waals surface area contributed by atoms with Crippen molar-refractivity contribution >= 4 is 41.0 Å². The molecule has 21 heteroatoms. The van der Waals surface area contributed by atoms with Gasteiger partial charge < -0.3 is 54.6 Å². The first kappa shape index (κ1) is 24.6. The Morgan fingerprint density at radius 2 is 1.94 bits per heavy atom. The molecule has 174 valence electrons. The first-order valence-corrected chi connectivity index (χ1v) is 12.5. The second-order valence-corrected chi connectivity index (χ2v) is 10.6. The van der Waals surface area contributed by atoms with Crippen LogP contribution in [-0.4, -0.2) is 54.7 Å². The molecule has 2 aromatic rings. The first-order chi connectivity index (χ1) is 14.2. The summed E-state index contributed by atoms with van der Waals surface area (Å²) in [7, 11) is -17.8. The van der Waals surface area contributed by atoms with Crippen molar-refractivity contribution in [3.63, 3.8) is 0 Å². The summed E-state index contributed by atoms with van der Waals surface area (Å²) >= 11 is 0. The lowest BCUT2D eigenvalue weighted by atomic mass is 10.1. The van der Waals surface area contributed by atoms with Gasteiger partial charge in [-0.1, -0.05) is 0 Å². The molecule has 0 bridgehead atoms. The molecular formula is C10H13N6O12P3-4. The number of nitrogens with zero attached hydrogens (tertiary/aromatic N) is 4. The number of nitrogens with two attached hydrogens (primary N) is 1. The van der Waals surface area contributed by atoms with Crippen molar-refractivity contribution in [2.24, 2.45) is 0 Å². The summed E-state index contributed by atoms with van der Waals surface area (Å²) in [5.74, 6) is -0.0428. The summed E-state index contributed by atoms with van der Waals surface area (Å²) < 4.78 is 24.7. The molecule has 0 aliphatic carbocycles. The second kappa shape index (κ2) is 8.72. The third-order valence-corrected chi connectivity index (χ3v) is 8.01. The Labute approximate surface area is 173 Å². The predicted molar refractivity (Wildman–Crippen MR) is 87.3 cm³/mol. The smallest absolute Gasteiger partial charge is 0.176 e. The maximum Gasteiger partial charge on any atom is 0.176 e. The highest BCUT2D eigenvalue weighted by atomic mass is 31.3. The average molecular weight is 502 g/mol. The highest BCUT2D eigenvalue weighted by Crippen LogP contribution is 2.58. The minimum Gasteiger partial charge on any atom is -0.787 e. The molecule has 1 aliphatic rings. The molecule has 1 aliphatic heterocycles. The van der Waals surface area contributed by atoms with Crippen molar-refractivity contribution < 1.29 is 57.7 Å². The zero-order chi connectivity index (χ0) is 23.2. The highest BCUT2D eigenvalue weighted by molar-refractivity contribution is 7.73. The van der Waals surface area contributed by atoms with E-state index in [0.29, 0.717) is 0 Å². The fourth-order valence-corrected chi connectivity index (χ4v) is 6.21. The SMILES string of the molecule is Nc1ncnc2c1ncn2[C@@H]1O[C@H](CO)[C@@H](O)[C@H]1O[P+]([O-])([O-])N[P+]([O-])([O-])OP(=O)([O-])[O-]. The highest BCUT2D eigenvalue weighted by Gasteiger charge is 2.50.